The van der Waals surface area contributed by atoms with Crippen LogP contribution in [0.4, 0.5) is 20.3 Å². The van der Waals surface area contributed by atoms with E-state index in [9.17, 15) is 8.78 Å². The number of anilines is 2. The van der Waals surface area contributed by atoms with E-state index in [4.69, 9.17) is 0 Å². The molecule has 1 aromatic carbocycles. The maximum atomic E-state index is 12.8. The summed E-state index contributed by atoms with van der Waals surface area (Å²) in [6.07, 6.45) is 2.91. The van der Waals surface area contributed by atoms with Crippen molar-refractivity contribution >= 4 is 11.5 Å². The van der Waals surface area contributed by atoms with E-state index in [2.05, 4.69) is 15.3 Å². The molecule has 0 radical (unpaired) electrons. The highest BCUT2D eigenvalue weighted by Crippen LogP contribution is 2.16. The Hall–Kier alpha value is -2.04. The third-order valence-corrected chi connectivity index (χ3v) is 1.77. The number of nitrogens with one attached hydrogen (secondary N) is 1. The van der Waals surface area contributed by atoms with Crippen LogP contribution in [0.25, 0.3) is 0 Å². The Morgan fingerprint density at radius 2 is 1.93 bits per heavy atom. The van der Waals surface area contributed by atoms with E-state index in [0.717, 1.165) is 12.1 Å². The molecular formula is C10H7F2N3. The van der Waals surface area contributed by atoms with Crippen LogP contribution in [0.5, 0.6) is 0 Å². The van der Waals surface area contributed by atoms with Gasteiger partial charge in [0.05, 0.1) is 0 Å². The van der Waals surface area contributed by atoms with Gasteiger partial charge in [0.2, 0.25) is 0 Å². The Bertz CT molecular complexity index is 459. The van der Waals surface area contributed by atoms with E-state index in [1.807, 2.05) is 0 Å². The zero-order chi connectivity index (χ0) is 10.7. The van der Waals surface area contributed by atoms with Gasteiger partial charge in [-0.2, -0.15) is 0 Å². The lowest BCUT2D eigenvalue weighted by molar-refractivity contribution is 0.509. The van der Waals surface area contributed by atoms with Gasteiger partial charge in [0.25, 0.3) is 0 Å². The molecule has 0 saturated carbocycles. The molecule has 0 spiro atoms. The van der Waals surface area contributed by atoms with Gasteiger partial charge in [0.15, 0.2) is 11.6 Å². The van der Waals surface area contributed by atoms with Crippen LogP contribution >= 0.6 is 0 Å². The molecule has 3 nitrogen and oxygen atoms in total. The van der Waals surface area contributed by atoms with Gasteiger partial charge in [-0.3, -0.25) is 0 Å². The predicted molar refractivity (Wildman–Crippen MR) is 51.7 cm³/mol. The first-order valence-electron chi connectivity index (χ1n) is 4.24. The molecule has 0 bridgehead atoms. The highest BCUT2D eigenvalue weighted by molar-refractivity contribution is 5.55. The second kappa shape index (κ2) is 4.00. The van der Waals surface area contributed by atoms with Crippen molar-refractivity contribution in [3.05, 3.63) is 48.4 Å². The average Bonchev–Trinajstić information content (AvgIpc) is 2.25. The van der Waals surface area contributed by atoms with Gasteiger partial charge in [-0.25, -0.2) is 18.7 Å². The number of nitrogens with zero attached hydrogens (tertiary/aromatic N) is 2. The number of benzene rings is 1. The topological polar surface area (TPSA) is 37.8 Å². The van der Waals surface area contributed by atoms with Crippen LogP contribution in [0.1, 0.15) is 0 Å². The molecule has 1 N–H and O–H groups in total. The Kier molecular flexibility index (Phi) is 2.53. The molecule has 0 fully saturated rings. The van der Waals surface area contributed by atoms with E-state index in [0.29, 0.717) is 11.5 Å². The van der Waals surface area contributed by atoms with Gasteiger partial charge in [-0.1, -0.05) is 0 Å². The normalized spacial score (nSPS) is 10.0. The van der Waals surface area contributed by atoms with Crippen molar-refractivity contribution in [3.63, 3.8) is 0 Å². The average molecular weight is 207 g/mol. The van der Waals surface area contributed by atoms with Crippen molar-refractivity contribution in [1.82, 2.24) is 9.97 Å². The lowest BCUT2D eigenvalue weighted by Gasteiger charge is -2.04. The van der Waals surface area contributed by atoms with Gasteiger partial charge >= 0.3 is 0 Å². The van der Waals surface area contributed by atoms with Crippen molar-refractivity contribution in [2.24, 2.45) is 0 Å². The van der Waals surface area contributed by atoms with Crippen LogP contribution in [0.3, 0.4) is 0 Å². The van der Waals surface area contributed by atoms with Crippen molar-refractivity contribution in [1.29, 1.82) is 0 Å². The molecule has 76 valence electrons. The predicted octanol–water partition coefficient (Wildman–Crippen LogP) is 2.50. The molecule has 1 heterocycles. The zero-order valence-corrected chi connectivity index (χ0v) is 7.61. The first kappa shape index (κ1) is 9.51. The summed E-state index contributed by atoms with van der Waals surface area (Å²) in [6.45, 7) is 0. The molecule has 0 aliphatic heterocycles. The number of halogens is 2. The summed E-state index contributed by atoms with van der Waals surface area (Å²) >= 11 is 0. The van der Waals surface area contributed by atoms with Gasteiger partial charge in [0, 0.05) is 18.0 Å². The quantitative estimate of drug-likeness (QED) is 0.822. The number of hydrogen-bond donors (Lipinski definition) is 1. The van der Waals surface area contributed by atoms with E-state index >= 15 is 0 Å². The molecule has 5 heteroatoms. The van der Waals surface area contributed by atoms with Crippen molar-refractivity contribution in [3.8, 4) is 0 Å². The standard InChI is InChI=1S/C10H7F2N3/c11-8-2-1-7(5-9(8)12)15-10-3-4-13-6-14-10/h1-6H,(H,13,14,15). The summed E-state index contributed by atoms with van der Waals surface area (Å²) in [5, 5.41) is 2.81. The van der Waals surface area contributed by atoms with Crippen LogP contribution in [-0.4, -0.2) is 9.97 Å². The number of hydrogen-bond acceptors (Lipinski definition) is 3. The van der Waals surface area contributed by atoms with Crippen LogP contribution in [-0.2, 0) is 0 Å². The lowest BCUT2D eigenvalue weighted by atomic mass is 10.3. The third kappa shape index (κ3) is 2.25. The Balaban J connectivity index is 2.22. The molecular weight excluding hydrogens is 200 g/mol. The molecule has 1 aromatic heterocycles. The SMILES string of the molecule is Fc1ccc(Nc2ccncn2)cc1F. The molecule has 0 unspecified atom stereocenters. The summed E-state index contributed by atoms with van der Waals surface area (Å²) in [4.78, 5) is 7.62. The largest absolute Gasteiger partial charge is 0.340 e. The minimum atomic E-state index is -0.894. The molecule has 0 aliphatic rings. The summed E-state index contributed by atoms with van der Waals surface area (Å²) in [5.41, 5.74) is 0.438. The molecule has 2 aromatic rings. The maximum Gasteiger partial charge on any atom is 0.160 e. The summed E-state index contributed by atoms with van der Waals surface area (Å²) in [5.74, 6) is -1.24. The monoisotopic (exact) mass is 207 g/mol. The minimum Gasteiger partial charge on any atom is -0.340 e. The molecule has 15 heavy (non-hydrogen) atoms. The van der Waals surface area contributed by atoms with Gasteiger partial charge in [-0.05, 0) is 18.2 Å². The Morgan fingerprint density at radius 1 is 1.07 bits per heavy atom. The molecule has 0 amide bonds. The summed E-state index contributed by atoms with van der Waals surface area (Å²) < 4.78 is 25.4. The highest BCUT2D eigenvalue weighted by atomic mass is 19.2. The van der Waals surface area contributed by atoms with Gasteiger partial charge < -0.3 is 5.32 Å². The molecule has 0 atom stereocenters. The van der Waals surface area contributed by atoms with Crippen LogP contribution in [0.2, 0.25) is 0 Å². The molecule has 2 rings (SSSR count). The van der Waals surface area contributed by atoms with Crippen LogP contribution < -0.4 is 5.32 Å². The van der Waals surface area contributed by atoms with Crippen LogP contribution in [0.15, 0.2) is 36.8 Å². The van der Waals surface area contributed by atoms with Gasteiger partial charge in [0.1, 0.15) is 12.1 Å². The third-order valence-electron chi connectivity index (χ3n) is 1.77. The van der Waals surface area contributed by atoms with Crippen LogP contribution in [0, 0.1) is 11.6 Å². The summed E-state index contributed by atoms with van der Waals surface area (Å²) in [6, 6.07) is 5.18. The fourth-order valence-electron chi connectivity index (χ4n) is 1.09. The first-order valence-corrected chi connectivity index (χ1v) is 4.24. The zero-order valence-electron chi connectivity index (χ0n) is 7.61. The van der Waals surface area contributed by atoms with Crippen molar-refractivity contribution < 1.29 is 8.78 Å². The maximum absolute atomic E-state index is 12.8. The second-order valence-corrected chi connectivity index (χ2v) is 2.85. The Labute approximate surface area is 84.8 Å². The molecule has 0 saturated heterocycles. The first-order chi connectivity index (χ1) is 7.25. The molecule has 0 aliphatic carbocycles. The number of aromatic nitrogens is 2. The second-order valence-electron chi connectivity index (χ2n) is 2.85. The van der Waals surface area contributed by atoms with Gasteiger partial charge in [-0.15, -0.1) is 0 Å². The Morgan fingerprint density at radius 3 is 2.60 bits per heavy atom. The fourth-order valence-corrected chi connectivity index (χ4v) is 1.09. The van der Waals surface area contributed by atoms with E-state index in [-0.39, 0.29) is 0 Å². The minimum absolute atomic E-state index is 0.438. The smallest absolute Gasteiger partial charge is 0.160 e. The van der Waals surface area contributed by atoms with Crippen molar-refractivity contribution in [2.45, 2.75) is 0 Å². The lowest BCUT2D eigenvalue weighted by Crippen LogP contribution is -1.94. The summed E-state index contributed by atoms with van der Waals surface area (Å²) in [7, 11) is 0. The fraction of sp³-hybridized carbons (Fsp3) is 0. The number of rotatable bonds is 2. The van der Waals surface area contributed by atoms with E-state index in [1.54, 1.807) is 12.3 Å². The van der Waals surface area contributed by atoms with E-state index < -0.39 is 11.6 Å². The highest BCUT2D eigenvalue weighted by Gasteiger charge is 2.02. The van der Waals surface area contributed by atoms with E-state index in [1.165, 1.54) is 12.4 Å². The van der Waals surface area contributed by atoms with Crippen molar-refractivity contribution in [2.75, 3.05) is 5.32 Å².